The summed E-state index contributed by atoms with van der Waals surface area (Å²) in [5.74, 6) is 0.518. The van der Waals surface area contributed by atoms with Gasteiger partial charge >= 0.3 is 0 Å². The van der Waals surface area contributed by atoms with Crippen molar-refractivity contribution in [1.82, 2.24) is 14.2 Å². The Morgan fingerprint density at radius 2 is 1.76 bits per heavy atom. The number of hydrogen-bond acceptors (Lipinski definition) is 5. The number of nitrogens with zero attached hydrogens (tertiary/aromatic N) is 3. The molecule has 2 heterocycles. The summed E-state index contributed by atoms with van der Waals surface area (Å²) in [5.41, 5.74) is 1.39. The molecule has 1 aliphatic rings. The molecule has 4 rings (SSSR count). The topological polar surface area (TPSA) is 83.7 Å². The van der Waals surface area contributed by atoms with Gasteiger partial charge in [-0.05, 0) is 30.3 Å². The van der Waals surface area contributed by atoms with E-state index in [1.165, 1.54) is 10.7 Å². The van der Waals surface area contributed by atoms with Crippen LogP contribution in [0.25, 0.3) is 11.3 Å². The van der Waals surface area contributed by atoms with E-state index in [4.69, 9.17) is 4.42 Å². The summed E-state index contributed by atoms with van der Waals surface area (Å²) in [6.07, 6.45) is 2.97. The summed E-state index contributed by atoms with van der Waals surface area (Å²) >= 11 is 3.31. The number of aromatic nitrogens is 1. The lowest BCUT2D eigenvalue weighted by atomic mass is 10.1. The van der Waals surface area contributed by atoms with E-state index in [0.717, 1.165) is 5.56 Å². The average molecular weight is 476 g/mol. The summed E-state index contributed by atoms with van der Waals surface area (Å²) in [4.78, 5) is 18.6. The van der Waals surface area contributed by atoms with Crippen molar-refractivity contribution in [3.63, 3.8) is 0 Å². The molecule has 1 aromatic heterocycles. The summed E-state index contributed by atoms with van der Waals surface area (Å²) in [7, 11) is -3.58. The van der Waals surface area contributed by atoms with Crippen molar-refractivity contribution in [2.24, 2.45) is 0 Å². The molecule has 7 nitrogen and oxygen atoms in total. The second-order valence-electron chi connectivity index (χ2n) is 6.60. The van der Waals surface area contributed by atoms with Gasteiger partial charge in [0.15, 0.2) is 12.2 Å². The van der Waals surface area contributed by atoms with E-state index in [1.54, 1.807) is 47.5 Å². The van der Waals surface area contributed by atoms with Crippen molar-refractivity contribution >= 4 is 31.9 Å². The third kappa shape index (κ3) is 4.12. The maximum atomic E-state index is 12.8. The minimum atomic E-state index is -3.58. The van der Waals surface area contributed by atoms with Crippen molar-refractivity contribution in [3.05, 3.63) is 71.2 Å². The molecule has 0 bridgehead atoms. The van der Waals surface area contributed by atoms with E-state index < -0.39 is 10.0 Å². The SMILES string of the molecule is O=C(c1ccc(-c2cnco2)cc1)N1CCN(S(=O)(=O)c2cccc(Br)c2)CC1. The van der Waals surface area contributed by atoms with Crippen LogP contribution in [0.15, 0.2) is 74.9 Å². The van der Waals surface area contributed by atoms with Gasteiger partial charge in [-0.1, -0.05) is 34.1 Å². The molecule has 2 aromatic carbocycles. The zero-order valence-corrected chi connectivity index (χ0v) is 17.8. The van der Waals surface area contributed by atoms with Gasteiger partial charge < -0.3 is 9.32 Å². The first-order valence-corrected chi connectivity index (χ1v) is 11.2. The lowest BCUT2D eigenvalue weighted by Crippen LogP contribution is -2.50. The number of benzene rings is 2. The van der Waals surface area contributed by atoms with E-state index in [2.05, 4.69) is 20.9 Å². The van der Waals surface area contributed by atoms with Crippen LogP contribution in [0, 0.1) is 0 Å². The van der Waals surface area contributed by atoms with Crippen LogP contribution in [0.4, 0.5) is 0 Å². The highest BCUT2D eigenvalue weighted by atomic mass is 79.9. The molecule has 1 amide bonds. The molecular weight excluding hydrogens is 458 g/mol. The molecule has 1 saturated heterocycles. The molecule has 1 fully saturated rings. The van der Waals surface area contributed by atoms with Crippen LogP contribution in [0.3, 0.4) is 0 Å². The fourth-order valence-electron chi connectivity index (χ4n) is 3.23. The Morgan fingerprint density at radius 1 is 1.03 bits per heavy atom. The number of hydrogen-bond donors (Lipinski definition) is 0. The number of piperazine rings is 1. The highest BCUT2D eigenvalue weighted by Gasteiger charge is 2.30. The molecule has 0 aliphatic carbocycles. The first kappa shape index (κ1) is 19.8. The molecule has 9 heteroatoms. The quantitative estimate of drug-likeness (QED) is 0.578. The second-order valence-corrected chi connectivity index (χ2v) is 9.45. The summed E-state index contributed by atoms with van der Waals surface area (Å²) in [6, 6.07) is 13.7. The smallest absolute Gasteiger partial charge is 0.253 e. The standard InChI is InChI=1S/C20H18BrN3O4S/c21-17-2-1-3-18(12-17)29(26,27)24-10-8-23(9-11-24)20(25)16-6-4-15(5-7-16)19-13-22-14-28-19/h1-7,12-14H,8-11H2. The van der Waals surface area contributed by atoms with Crippen molar-refractivity contribution in [3.8, 4) is 11.3 Å². The normalized spacial score (nSPS) is 15.4. The van der Waals surface area contributed by atoms with Gasteiger partial charge in [0.25, 0.3) is 5.91 Å². The Hall–Kier alpha value is -2.49. The van der Waals surface area contributed by atoms with Crippen molar-refractivity contribution in [2.75, 3.05) is 26.2 Å². The van der Waals surface area contributed by atoms with Crippen molar-refractivity contribution in [2.45, 2.75) is 4.90 Å². The Labute approximate surface area is 177 Å². The zero-order valence-electron chi connectivity index (χ0n) is 15.4. The first-order valence-electron chi connectivity index (χ1n) is 8.99. The molecule has 150 valence electrons. The fourth-order valence-corrected chi connectivity index (χ4v) is 5.25. The number of carbonyl (C=O) groups is 1. The maximum Gasteiger partial charge on any atom is 0.253 e. The van der Waals surface area contributed by atoms with E-state index in [9.17, 15) is 13.2 Å². The van der Waals surface area contributed by atoms with Gasteiger partial charge in [0.1, 0.15) is 0 Å². The van der Waals surface area contributed by atoms with Gasteiger partial charge in [0.2, 0.25) is 10.0 Å². The van der Waals surface area contributed by atoms with Crippen LogP contribution in [0.2, 0.25) is 0 Å². The largest absolute Gasteiger partial charge is 0.444 e. The Kier molecular flexibility index (Phi) is 5.53. The summed E-state index contributed by atoms with van der Waals surface area (Å²) in [5, 5.41) is 0. The number of oxazole rings is 1. The van der Waals surface area contributed by atoms with Crippen LogP contribution < -0.4 is 0 Å². The Balaban J connectivity index is 1.42. The predicted octanol–water partition coefficient (Wildman–Crippen LogP) is 3.25. The van der Waals surface area contributed by atoms with E-state index in [1.807, 2.05) is 12.1 Å². The lowest BCUT2D eigenvalue weighted by Gasteiger charge is -2.34. The van der Waals surface area contributed by atoms with Gasteiger partial charge in [0.05, 0.1) is 11.1 Å². The predicted molar refractivity (Wildman–Crippen MR) is 111 cm³/mol. The summed E-state index contributed by atoms with van der Waals surface area (Å²) in [6.45, 7) is 1.21. The number of carbonyl (C=O) groups excluding carboxylic acids is 1. The van der Waals surface area contributed by atoms with Crippen LogP contribution in [-0.2, 0) is 10.0 Å². The van der Waals surface area contributed by atoms with Crippen LogP contribution in [-0.4, -0.2) is 54.7 Å². The molecule has 3 aromatic rings. The van der Waals surface area contributed by atoms with Crippen LogP contribution in [0.1, 0.15) is 10.4 Å². The lowest BCUT2D eigenvalue weighted by molar-refractivity contribution is 0.0698. The molecule has 0 radical (unpaired) electrons. The third-order valence-electron chi connectivity index (χ3n) is 4.81. The number of sulfonamides is 1. The number of rotatable bonds is 4. The van der Waals surface area contributed by atoms with Crippen molar-refractivity contribution < 1.29 is 17.6 Å². The highest BCUT2D eigenvalue weighted by Crippen LogP contribution is 2.23. The molecule has 0 unspecified atom stereocenters. The second kappa shape index (κ2) is 8.10. The zero-order chi connectivity index (χ0) is 20.4. The Morgan fingerprint density at radius 3 is 2.38 bits per heavy atom. The maximum absolute atomic E-state index is 12.8. The van der Waals surface area contributed by atoms with Crippen molar-refractivity contribution in [1.29, 1.82) is 0 Å². The van der Waals surface area contributed by atoms with E-state index in [-0.39, 0.29) is 23.9 Å². The van der Waals surface area contributed by atoms with E-state index >= 15 is 0 Å². The van der Waals surface area contributed by atoms with Gasteiger partial charge in [-0.2, -0.15) is 4.31 Å². The minimum Gasteiger partial charge on any atom is -0.444 e. The highest BCUT2D eigenvalue weighted by molar-refractivity contribution is 9.10. The fraction of sp³-hybridized carbons (Fsp3) is 0.200. The Bertz CT molecular complexity index is 1110. The van der Waals surface area contributed by atoms with E-state index in [0.29, 0.717) is 28.9 Å². The third-order valence-corrected chi connectivity index (χ3v) is 7.20. The van der Waals surface area contributed by atoms with Gasteiger partial charge in [-0.15, -0.1) is 0 Å². The van der Waals surface area contributed by atoms with Crippen LogP contribution >= 0.6 is 15.9 Å². The molecule has 29 heavy (non-hydrogen) atoms. The van der Waals surface area contributed by atoms with Crippen LogP contribution in [0.5, 0.6) is 0 Å². The molecule has 0 saturated carbocycles. The summed E-state index contributed by atoms with van der Waals surface area (Å²) < 4.78 is 33.0. The van der Waals surface area contributed by atoms with Gasteiger partial charge in [-0.25, -0.2) is 13.4 Å². The number of amides is 1. The van der Waals surface area contributed by atoms with Gasteiger partial charge in [0, 0.05) is 41.8 Å². The molecule has 0 atom stereocenters. The molecule has 0 spiro atoms. The average Bonchev–Trinajstić information content (AvgIpc) is 3.28. The molecule has 0 N–H and O–H groups in total. The van der Waals surface area contributed by atoms with Gasteiger partial charge in [-0.3, -0.25) is 4.79 Å². The molecule has 1 aliphatic heterocycles. The monoisotopic (exact) mass is 475 g/mol. The first-order chi connectivity index (χ1) is 13.9. The minimum absolute atomic E-state index is 0.117. The number of halogens is 1. The molecular formula is C20H18BrN3O4S.